The molecule has 0 bridgehead atoms. The minimum atomic E-state index is -0.755. The second-order valence-corrected chi connectivity index (χ2v) is 4.55. The molecule has 0 aromatic carbocycles. The smallest absolute Gasteiger partial charge is 0.239 e. The van der Waals surface area contributed by atoms with E-state index in [-0.39, 0.29) is 5.91 Å². The predicted octanol–water partition coefficient (Wildman–Crippen LogP) is -0.0489. The van der Waals surface area contributed by atoms with E-state index in [4.69, 9.17) is 5.73 Å². The van der Waals surface area contributed by atoms with E-state index in [9.17, 15) is 4.79 Å². The molecule has 1 unspecified atom stereocenters. The zero-order valence-corrected chi connectivity index (χ0v) is 10.3. The van der Waals surface area contributed by atoms with Crippen LogP contribution >= 0.6 is 22.6 Å². The third-order valence-corrected chi connectivity index (χ3v) is 2.73. The van der Waals surface area contributed by atoms with E-state index >= 15 is 0 Å². The van der Waals surface area contributed by atoms with Crippen LogP contribution in [0.1, 0.15) is 6.92 Å². The van der Waals surface area contributed by atoms with Crippen molar-refractivity contribution in [3.05, 3.63) is 16.0 Å². The van der Waals surface area contributed by atoms with E-state index in [2.05, 4.69) is 33.0 Å². The summed E-state index contributed by atoms with van der Waals surface area (Å²) >= 11 is 2.16. The maximum Gasteiger partial charge on any atom is 0.239 e. The Morgan fingerprint density at radius 1 is 1.86 bits per heavy atom. The maximum absolute atomic E-state index is 11.2. The molecule has 0 spiro atoms. The third kappa shape index (κ3) is 2.44. The molecule has 5 nitrogen and oxygen atoms in total. The topological polar surface area (TPSA) is 72.9 Å². The van der Waals surface area contributed by atoms with Crippen molar-refractivity contribution in [3.63, 3.8) is 0 Å². The number of rotatable bonds is 4. The normalized spacial score (nSPS) is 15.1. The lowest BCUT2D eigenvalue weighted by Crippen LogP contribution is -2.54. The number of hydrogen-bond donors (Lipinski definition) is 2. The van der Waals surface area contributed by atoms with Crippen LogP contribution in [0.5, 0.6) is 0 Å². The highest BCUT2D eigenvalue weighted by atomic mass is 127. The molecule has 78 valence electrons. The molecule has 0 aliphatic heterocycles. The Kier molecular flexibility index (Phi) is 3.48. The zero-order chi connectivity index (χ0) is 10.8. The third-order valence-electron chi connectivity index (χ3n) is 2.18. The lowest BCUT2D eigenvalue weighted by Gasteiger charge is -2.24. The standard InChI is InChI=1S/C8H13IN4O/c1-8(11-2,7(10)14)5-13-4-6(9)3-12-13/h3-4,11H,5H2,1-2H3,(H2,10,14). The summed E-state index contributed by atoms with van der Waals surface area (Å²) < 4.78 is 2.73. The molecule has 14 heavy (non-hydrogen) atoms. The van der Waals surface area contributed by atoms with Crippen LogP contribution in [0.3, 0.4) is 0 Å². The van der Waals surface area contributed by atoms with E-state index < -0.39 is 5.54 Å². The van der Waals surface area contributed by atoms with Gasteiger partial charge in [0.25, 0.3) is 0 Å². The molecular formula is C8H13IN4O. The van der Waals surface area contributed by atoms with Gasteiger partial charge >= 0.3 is 0 Å². The molecule has 6 heteroatoms. The Morgan fingerprint density at radius 3 is 2.86 bits per heavy atom. The number of primary amides is 1. The van der Waals surface area contributed by atoms with Gasteiger partial charge in [0.1, 0.15) is 5.54 Å². The molecule has 0 fully saturated rings. The van der Waals surface area contributed by atoms with Crippen molar-refractivity contribution in [2.45, 2.75) is 19.0 Å². The molecular weight excluding hydrogens is 295 g/mol. The number of carbonyl (C=O) groups is 1. The van der Waals surface area contributed by atoms with E-state index in [1.54, 1.807) is 24.9 Å². The summed E-state index contributed by atoms with van der Waals surface area (Å²) in [5.41, 5.74) is 4.54. The first kappa shape index (κ1) is 11.4. The van der Waals surface area contributed by atoms with Crippen molar-refractivity contribution in [2.24, 2.45) is 5.73 Å². The van der Waals surface area contributed by atoms with Gasteiger partial charge in [0.15, 0.2) is 0 Å². The molecule has 1 aromatic heterocycles. The molecule has 0 saturated carbocycles. The number of carbonyl (C=O) groups excluding carboxylic acids is 1. The average Bonchev–Trinajstić information content (AvgIpc) is 2.50. The quantitative estimate of drug-likeness (QED) is 0.766. The summed E-state index contributed by atoms with van der Waals surface area (Å²) in [5, 5.41) is 6.99. The summed E-state index contributed by atoms with van der Waals surface area (Å²) in [7, 11) is 1.71. The Labute approximate surface area is 96.2 Å². The Morgan fingerprint density at radius 2 is 2.50 bits per heavy atom. The molecule has 1 amide bonds. The highest BCUT2D eigenvalue weighted by Gasteiger charge is 2.29. The summed E-state index contributed by atoms with van der Waals surface area (Å²) in [4.78, 5) is 11.2. The zero-order valence-electron chi connectivity index (χ0n) is 8.12. The van der Waals surface area contributed by atoms with E-state index in [1.165, 1.54) is 0 Å². The number of nitrogens with two attached hydrogens (primary N) is 1. The molecule has 0 aliphatic carbocycles. The van der Waals surface area contributed by atoms with Crippen LogP contribution in [0.25, 0.3) is 0 Å². The predicted molar refractivity (Wildman–Crippen MR) is 61.6 cm³/mol. The van der Waals surface area contributed by atoms with Gasteiger partial charge in [-0.05, 0) is 36.6 Å². The number of halogens is 1. The average molecular weight is 308 g/mol. The molecule has 1 aromatic rings. The molecule has 1 rings (SSSR count). The minimum Gasteiger partial charge on any atom is -0.368 e. The first-order valence-corrected chi connectivity index (χ1v) is 5.22. The number of amides is 1. The van der Waals surface area contributed by atoms with Gasteiger partial charge in [-0.15, -0.1) is 0 Å². The van der Waals surface area contributed by atoms with Gasteiger partial charge in [0, 0.05) is 6.20 Å². The number of nitrogens with one attached hydrogen (secondary N) is 1. The molecule has 1 heterocycles. The molecule has 3 N–H and O–H groups in total. The van der Waals surface area contributed by atoms with Crippen LogP contribution in [0.2, 0.25) is 0 Å². The van der Waals surface area contributed by atoms with Gasteiger partial charge in [0.05, 0.1) is 16.3 Å². The van der Waals surface area contributed by atoms with Crippen LogP contribution in [-0.2, 0) is 11.3 Å². The van der Waals surface area contributed by atoms with E-state index in [0.29, 0.717) is 6.54 Å². The van der Waals surface area contributed by atoms with E-state index in [1.807, 2.05) is 6.20 Å². The van der Waals surface area contributed by atoms with Crippen LogP contribution in [0.4, 0.5) is 0 Å². The number of aromatic nitrogens is 2. The monoisotopic (exact) mass is 308 g/mol. The second kappa shape index (κ2) is 4.26. The number of likely N-dealkylation sites (N-methyl/N-ethyl adjacent to an activating group) is 1. The van der Waals surface area contributed by atoms with Gasteiger partial charge in [-0.25, -0.2) is 0 Å². The minimum absolute atomic E-state index is 0.384. The molecule has 1 atom stereocenters. The van der Waals surface area contributed by atoms with Crippen molar-refractivity contribution in [1.82, 2.24) is 15.1 Å². The van der Waals surface area contributed by atoms with Crippen molar-refractivity contribution in [3.8, 4) is 0 Å². The van der Waals surface area contributed by atoms with Crippen LogP contribution in [-0.4, -0.2) is 28.3 Å². The largest absolute Gasteiger partial charge is 0.368 e. The number of nitrogens with zero attached hydrogens (tertiary/aromatic N) is 2. The maximum atomic E-state index is 11.2. The Bertz CT molecular complexity index is 338. The van der Waals surface area contributed by atoms with Gasteiger partial charge < -0.3 is 11.1 Å². The van der Waals surface area contributed by atoms with Gasteiger partial charge in [-0.2, -0.15) is 5.10 Å². The second-order valence-electron chi connectivity index (χ2n) is 3.30. The highest BCUT2D eigenvalue weighted by Crippen LogP contribution is 2.08. The molecule has 0 aliphatic rings. The Hall–Kier alpha value is -0.630. The summed E-state index contributed by atoms with van der Waals surface area (Å²) in [5.74, 6) is -0.384. The summed E-state index contributed by atoms with van der Waals surface area (Å²) in [6.07, 6.45) is 3.59. The molecule has 0 radical (unpaired) electrons. The van der Waals surface area contributed by atoms with Crippen LogP contribution in [0.15, 0.2) is 12.4 Å². The van der Waals surface area contributed by atoms with E-state index in [0.717, 1.165) is 3.57 Å². The fraction of sp³-hybridized carbons (Fsp3) is 0.500. The molecule has 0 saturated heterocycles. The van der Waals surface area contributed by atoms with Crippen LogP contribution < -0.4 is 11.1 Å². The van der Waals surface area contributed by atoms with Crippen molar-refractivity contribution in [1.29, 1.82) is 0 Å². The highest BCUT2D eigenvalue weighted by molar-refractivity contribution is 14.1. The lowest BCUT2D eigenvalue weighted by atomic mass is 10.0. The van der Waals surface area contributed by atoms with Crippen molar-refractivity contribution >= 4 is 28.5 Å². The first-order chi connectivity index (χ1) is 6.48. The summed E-state index contributed by atoms with van der Waals surface area (Å²) in [6, 6.07) is 0. The fourth-order valence-corrected chi connectivity index (χ4v) is 1.48. The lowest BCUT2D eigenvalue weighted by molar-refractivity contribution is -0.124. The van der Waals surface area contributed by atoms with Crippen molar-refractivity contribution in [2.75, 3.05) is 7.05 Å². The van der Waals surface area contributed by atoms with Gasteiger partial charge in [0.2, 0.25) is 5.91 Å². The van der Waals surface area contributed by atoms with Gasteiger partial charge in [-0.1, -0.05) is 0 Å². The first-order valence-electron chi connectivity index (χ1n) is 4.15. The van der Waals surface area contributed by atoms with Crippen molar-refractivity contribution < 1.29 is 4.79 Å². The van der Waals surface area contributed by atoms with Crippen LogP contribution in [0, 0.1) is 3.57 Å². The SMILES string of the molecule is CNC(C)(Cn1cc(I)cn1)C(N)=O. The Balaban J connectivity index is 2.80. The summed E-state index contributed by atoms with van der Waals surface area (Å²) in [6.45, 7) is 2.19. The van der Waals surface area contributed by atoms with Gasteiger partial charge in [-0.3, -0.25) is 9.48 Å². The fourth-order valence-electron chi connectivity index (χ4n) is 1.03. The number of hydrogen-bond acceptors (Lipinski definition) is 3.